The van der Waals surface area contributed by atoms with E-state index in [1.54, 1.807) is 0 Å². The standard InChI is InChI=1S/C19H35ClO3/c1-4-5-6-7-8-9-10-11-12-13-14-15-16-23-18(22)19(2,3)17(20)21/h4-16H2,1-3H3. The third kappa shape index (κ3) is 11.6. The largest absolute Gasteiger partial charge is 0.465 e. The molecule has 0 unspecified atom stereocenters. The number of carbonyl (C=O) groups is 2. The average molecular weight is 347 g/mol. The molecule has 0 spiro atoms. The van der Waals surface area contributed by atoms with Gasteiger partial charge in [-0.15, -0.1) is 0 Å². The molecular formula is C19H35ClO3. The highest BCUT2D eigenvalue weighted by atomic mass is 35.5. The molecule has 3 nitrogen and oxygen atoms in total. The predicted molar refractivity (Wildman–Crippen MR) is 96.7 cm³/mol. The van der Waals surface area contributed by atoms with Gasteiger partial charge in [-0.25, -0.2) is 0 Å². The van der Waals surface area contributed by atoms with E-state index in [0.717, 1.165) is 12.8 Å². The predicted octanol–water partition coefficient (Wildman–Crippen LogP) is 6.02. The summed E-state index contributed by atoms with van der Waals surface area (Å²) in [4.78, 5) is 22.8. The van der Waals surface area contributed by atoms with Crippen LogP contribution >= 0.6 is 11.6 Å². The molecule has 0 saturated carbocycles. The van der Waals surface area contributed by atoms with Crippen LogP contribution in [-0.2, 0) is 14.3 Å². The number of esters is 1. The van der Waals surface area contributed by atoms with Crippen LogP contribution in [0.25, 0.3) is 0 Å². The first-order valence-electron chi connectivity index (χ1n) is 9.30. The van der Waals surface area contributed by atoms with Crippen LogP contribution in [-0.4, -0.2) is 17.8 Å². The minimum Gasteiger partial charge on any atom is -0.465 e. The van der Waals surface area contributed by atoms with E-state index < -0.39 is 16.6 Å². The number of ether oxygens (including phenoxy) is 1. The van der Waals surface area contributed by atoms with Gasteiger partial charge in [0.1, 0.15) is 5.41 Å². The van der Waals surface area contributed by atoms with E-state index in [1.807, 2.05) is 0 Å². The molecule has 4 heteroatoms. The van der Waals surface area contributed by atoms with Crippen LogP contribution < -0.4 is 0 Å². The summed E-state index contributed by atoms with van der Waals surface area (Å²) in [6, 6.07) is 0. The number of hydrogen-bond acceptors (Lipinski definition) is 3. The molecule has 0 bridgehead atoms. The van der Waals surface area contributed by atoms with Crippen molar-refractivity contribution < 1.29 is 14.3 Å². The van der Waals surface area contributed by atoms with Gasteiger partial charge >= 0.3 is 5.97 Å². The van der Waals surface area contributed by atoms with E-state index in [0.29, 0.717) is 6.61 Å². The highest BCUT2D eigenvalue weighted by molar-refractivity contribution is 6.66. The van der Waals surface area contributed by atoms with E-state index in [2.05, 4.69) is 6.92 Å². The summed E-state index contributed by atoms with van der Waals surface area (Å²) in [5.74, 6) is -0.527. The number of carbonyl (C=O) groups excluding carboxylic acids is 2. The highest BCUT2D eigenvalue weighted by Crippen LogP contribution is 2.21. The van der Waals surface area contributed by atoms with Gasteiger partial charge in [0, 0.05) is 0 Å². The molecule has 0 saturated heterocycles. The normalized spacial score (nSPS) is 11.5. The maximum atomic E-state index is 11.7. The van der Waals surface area contributed by atoms with Crippen molar-refractivity contribution in [3.8, 4) is 0 Å². The lowest BCUT2D eigenvalue weighted by Gasteiger charge is -2.17. The van der Waals surface area contributed by atoms with Crippen molar-refractivity contribution in [3.05, 3.63) is 0 Å². The van der Waals surface area contributed by atoms with Crippen LogP contribution in [0, 0.1) is 5.41 Å². The molecule has 0 radical (unpaired) electrons. The van der Waals surface area contributed by atoms with Gasteiger partial charge in [0.2, 0.25) is 5.24 Å². The lowest BCUT2D eigenvalue weighted by atomic mass is 9.96. The Balaban J connectivity index is 3.34. The van der Waals surface area contributed by atoms with E-state index in [-0.39, 0.29) is 0 Å². The van der Waals surface area contributed by atoms with Gasteiger partial charge in [-0.2, -0.15) is 0 Å². The molecule has 0 N–H and O–H groups in total. The zero-order valence-corrected chi connectivity index (χ0v) is 16.1. The monoisotopic (exact) mass is 346 g/mol. The second-order valence-electron chi connectivity index (χ2n) is 6.92. The van der Waals surface area contributed by atoms with Crippen molar-refractivity contribution in [3.63, 3.8) is 0 Å². The third-order valence-electron chi connectivity index (χ3n) is 4.23. The van der Waals surface area contributed by atoms with Gasteiger partial charge in [-0.1, -0.05) is 77.6 Å². The van der Waals surface area contributed by atoms with Crippen molar-refractivity contribution in [1.29, 1.82) is 0 Å². The maximum Gasteiger partial charge on any atom is 0.320 e. The smallest absolute Gasteiger partial charge is 0.320 e. The lowest BCUT2D eigenvalue weighted by molar-refractivity contribution is -0.156. The van der Waals surface area contributed by atoms with Crippen LogP contribution in [0.1, 0.15) is 97.8 Å². The van der Waals surface area contributed by atoms with E-state index in [1.165, 1.54) is 78.1 Å². The number of hydrogen-bond donors (Lipinski definition) is 0. The van der Waals surface area contributed by atoms with Gasteiger partial charge in [0.25, 0.3) is 0 Å². The summed E-state index contributed by atoms with van der Waals surface area (Å²) in [5, 5.41) is -0.669. The average Bonchev–Trinajstić information content (AvgIpc) is 2.51. The second kappa shape index (κ2) is 13.8. The maximum absolute atomic E-state index is 11.7. The van der Waals surface area contributed by atoms with Crippen LogP contribution in [0.2, 0.25) is 0 Å². The molecule has 0 aliphatic carbocycles. The van der Waals surface area contributed by atoms with E-state index in [4.69, 9.17) is 16.3 Å². The Bertz CT molecular complexity index is 327. The fraction of sp³-hybridized carbons (Fsp3) is 0.895. The Hall–Kier alpha value is -0.570. The summed E-state index contributed by atoms with van der Waals surface area (Å²) < 4.78 is 5.12. The Morgan fingerprint density at radius 2 is 1.17 bits per heavy atom. The number of unbranched alkanes of at least 4 members (excludes halogenated alkanes) is 11. The SMILES string of the molecule is CCCCCCCCCCCCCCOC(=O)C(C)(C)C(=O)Cl. The van der Waals surface area contributed by atoms with Gasteiger partial charge < -0.3 is 4.74 Å². The molecular weight excluding hydrogens is 312 g/mol. The van der Waals surface area contributed by atoms with Crippen LogP contribution in [0.15, 0.2) is 0 Å². The number of halogens is 1. The zero-order chi connectivity index (χ0) is 17.6. The van der Waals surface area contributed by atoms with Crippen molar-refractivity contribution >= 4 is 22.8 Å². The summed E-state index contributed by atoms with van der Waals surface area (Å²) in [5.41, 5.74) is -1.24. The summed E-state index contributed by atoms with van der Waals surface area (Å²) in [7, 11) is 0. The minimum absolute atomic E-state index is 0.379. The fourth-order valence-corrected chi connectivity index (χ4v) is 2.45. The van der Waals surface area contributed by atoms with Crippen molar-refractivity contribution in [1.82, 2.24) is 0 Å². The Morgan fingerprint density at radius 1 is 0.783 bits per heavy atom. The van der Waals surface area contributed by atoms with Gasteiger partial charge in [-0.3, -0.25) is 9.59 Å². The lowest BCUT2D eigenvalue weighted by Crippen LogP contribution is -2.32. The molecule has 0 aromatic carbocycles. The Morgan fingerprint density at radius 3 is 1.57 bits per heavy atom. The number of rotatable bonds is 15. The summed E-state index contributed by atoms with van der Waals surface area (Å²) >= 11 is 5.38. The molecule has 0 fully saturated rings. The molecule has 0 rings (SSSR count). The highest BCUT2D eigenvalue weighted by Gasteiger charge is 2.36. The zero-order valence-electron chi connectivity index (χ0n) is 15.3. The van der Waals surface area contributed by atoms with E-state index in [9.17, 15) is 9.59 Å². The summed E-state index contributed by atoms with van der Waals surface area (Å²) in [6.45, 7) is 5.61. The first-order valence-corrected chi connectivity index (χ1v) is 9.68. The third-order valence-corrected chi connectivity index (χ3v) is 4.71. The molecule has 0 atom stereocenters. The molecule has 0 amide bonds. The topological polar surface area (TPSA) is 43.4 Å². The fourth-order valence-electron chi connectivity index (χ4n) is 2.37. The first-order chi connectivity index (χ1) is 10.9. The summed E-state index contributed by atoms with van der Waals surface area (Å²) in [6.07, 6.45) is 15.2. The van der Waals surface area contributed by atoms with Gasteiger partial charge in [0.05, 0.1) is 6.61 Å². The van der Waals surface area contributed by atoms with Crippen LogP contribution in [0.4, 0.5) is 0 Å². The Kier molecular flexibility index (Phi) is 13.5. The minimum atomic E-state index is -1.24. The van der Waals surface area contributed by atoms with Crippen molar-refractivity contribution in [2.75, 3.05) is 6.61 Å². The second-order valence-corrected chi connectivity index (χ2v) is 7.27. The van der Waals surface area contributed by atoms with Crippen LogP contribution in [0.5, 0.6) is 0 Å². The molecule has 0 aromatic heterocycles. The van der Waals surface area contributed by atoms with Crippen molar-refractivity contribution in [2.45, 2.75) is 97.8 Å². The van der Waals surface area contributed by atoms with Crippen molar-refractivity contribution in [2.24, 2.45) is 5.41 Å². The van der Waals surface area contributed by atoms with E-state index >= 15 is 0 Å². The quantitative estimate of drug-likeness (QED) is 0.157. The first kappa shape index (κ1) is 22.4. The molecule has 0 heterocycles. The molecule has 0 aromatic rings. The van der Waals surface area contributed by atoms with Gasteiger partial charge in [-0.05, 0) is 31.9 Å². The molecule has 0 aliphatic heterocycles. The van der Waals surface area contributed by atoms with Gasteiger partial charge in [0.15, 0.2) is 0 Å². The van der Waals surface area contributed by atoms with Crippen LogP contribution in [0.3, 0.4) is 0 Å². The molecule has 0 aliphatic rings. The Labute approximate surface area is 147 Å². The molecule has 136 valence electrons. The molecule has 23 heavy (non-hydrogen) atoms.